The minimum absolute atomic E-state index is 0.705. The Hall–Kier alpha value is -1.64. The van der Waals surface area contributed by atoms with Crippen LogP contribution in [0.2, 0.25) is 0 Å². The lowest BCUT2D eigenvalue weighted by Crippen LogP contribution is -2.29. The Balaban J connectivity index is 2.33. The molecule has 0 aromatic heterocycles. The average molecular weight is 228 g/mol. The van der Waals surface area contributed by atoms with Crippen LogP contribution in [0.15, 0.2) is 60.7 Å². The standard InChI is InChI=1S/C15H16O2/c1-15(17,13-10-6-3-7-11-13)14(16)12-8-4-2-5-9-12/h2-11,14,16-17H,1H3/t14-,15-/m0/s1. The highest BCUT2D eigenvalue weighted by Crippen LogP contribution is 2.34. The Morgan fingerprint density at radius 2 is 1.35 bits per heavy atom. The topological polar surface area (TPSA) is 40.5 Å². The number of hydrogen-bond acceptors (Lipinski definition) is 2. The molecular weight excluding hydrogens is 212 g/mol. The van der Waals surface area contributed by atoms with E-state index in [4.69, 9.17) is 0 Å². The van der Waals surface area contributed by atoms with E-state index in [9.17, 15) is 10.2 Å². The molecule has 2 N–H and O–H groups in total. The van der Waals surface area contributed by atoms with Gasteiger partial charge in [-0.2, -0.15) is 0 Å². The molecule has 2 aromatic rings. The van der Waals surface area contributed by atoms with Crippen molar-refractivity contribution in [2.75, 3.05) is 0 Å². The van der Waals surface area contributed by atoms with Crippen LogP contribution in [0, 0.1) is 0 Å². The van der Waals surface area contributed by atoms with Crippen molar-refractivity contribution in [3.05, 3.63) is 71.8 Å². The monoisotopic (exact) mass is 228 g/mol. The van der Waals surface area contributed by atoms with Gasteiger partial charge in [0.25, 0.3) is 0 Å². The zero-order valence-electron chi connectivity index (χ0n) is 9.75. The summed E-state index contributed by atoms with van der Waals surface area (Å²) >= 11 is 0. The Morgan fingerprint density at radius 1 is 0.882 bits per heavy atom. The molecule has 17 heavy (non-hydrogen) atoms. The molecule has 0 unspecified atom stereocenters. The third-order valence-electron chi connectivity index (χ3n) is 3.01. The fraction of sp³-hybridized carbons (Fsp3) is 0.200. The predicted molar refractivity (Wildman–Crippen MR) is 67.4 cm³/mol. The molecule has 0 saturated carbocycles. The first-order chi connectivity index (χ1) is 8.12. The third kappa shape index (κ3) is 2.38. The van der Waals surface area contributed by atoms with E-state index < -0.39 is 11.7 Å². The maximum absolute atomic E-state index is 10.5. The quantitative estimate of drug-likeness (QED) is 0.847. The van der Waals surface area contributed by atoms with Crippen LogP contribution in [0.1, 0.15) is 24.2 Å². The van der Waals surface area contributed by atoms with E-state index in [1.165, 1.54) is 0 Å². The fourth-order valence-electron chi connectivity index (χ4n) is 1.89. The van der Waals surface area contributed by atoms with Crippen molar-refractivity contribution in [1.29, 1.82) is 0 Å². The number of aliphatic hydroxyl groups is 2. The van der Waals surface area contributed by atoms with Gasteiger partial charge in [0.1, 0.15) is 11.7 Å². The smallest absolute Gasteiger partial charge is 0.117 e. The van der Waals surface area contributed by atoms with Crippen LogP contribution >= 0.6 is 0 Å². The summed E-state index contributed by atoms with van der Waals surface area (Å²) in [5.74, 6) is 0. The maximum Gasteiger partial charge on any atom is 0.117 e. The first-order valence-corrected chi connectivity index (χ1v) is 5.63. The summed E-state index contributed by atoms with van der Waals surface area (Å²) in [6.45, 7) is 1.62. The van der Waals surface area contributed by atoms with Crippen molar-refractivity contribution >= 4 is 0 Å². The minimum atomic E-state index is -1.29. The van der Waals surface area contributed by atoms with Crippen molar-refractivity contribution in [1.82, 2.24) is 0 Å². The summed E-state index contributed by atoms with van der Waals surface area (Å²) in [5.41, 5.74) is 0.125. The molecule has 2 rings (SSSR count). The van der Waals surface area contributed by atoms with Gasteiger partial charge in [-0.05, 0) is 18.1 Å². The van der Waals surface area contributed by atoms with Crippen LogP contribution in [0.3, 0.4) is 0 Å². The highest BCUT2D eigenvalue weighted by atomic mass is 16.3. The molecule has 2 nitrogen and oxygen atoms in total. The molecule has 0 heterocycles. The molecule has 0 aliphatic carbocycles. The van der Waals surface area contributed by atoms with E-state index in [-0.39, 0.29) is 0 Å². The lowest BCUT2D eigenvalue weighted by atomic mass is 9.86. The number of benzene rings is 2. The van der Waals surface area contributed by atoms with E-state index in [1.54, 1.807) is 6.92 Å². The molecule has 2 aromatic carbocycles. The molecule has 88 valence electrons. The van der Waals surface area contributed by atoms with E-state index in [0.717, 1.165) is 0 Å². The lowest BCUT2D eigenvalue weighted by Gasteiger charge is -2.29. The van der Waals surface area contributed by atoms with Crippen molar-refractivity contribution in [2.45, 2.75) is 18.6 Å². The zero-order valence-corrected chi connectivity index (χ0v) is 9.75. The molecule has 0 bridgehead atoms. The van der Waals surface area contributed by atoms with Crippen LogP contribution in [-0.2, 0) is 5.60 Å². The Bertz CT molecular complexity index is 463. The molecule has 0 saturated heterocycles. The first-order valence-electron chi connectivity index (χ1n) is 5.63. The van der Waals surface area contributed by atoms with Gasteiger partial charge in [-0.25, -0.2) is 0 Å². The van der Waals surface area contributed by atoms with E-state index >= 15 is 0 Å². The maximum atomic E-state index is 10.5. The Morgan fingerprint density at radius 3 is 1.88 bits per heavy atom. The molecule has 0 fully saturated rings. The first kappa shape index (κ1) is 11.8. The zero-order chi connectivity index (χ0) is 12.3. The SMILES string of the molecule is C[C@](O)(c1ccccc1)[C@@H](O)c1ccccc1. The summed E-state index contributed by atoms with van der Waals surface area (Å²) in [7, 11) is 0. The lowest BCUT2D eigenvalue weighted by molar-refractivity contribution is -0.0690. The average Bonchev–Trinajstić information content (AvgIpc) is 2.40. The molecular formula is C15H16O2. The van der Waals surface area contributed by atoms with Crippen LogP contribution in [-0.4, -0.2) is 10.2 Å². The molecule has 0 amide bonds. The van der Waals surface area contributed by atoms with Gasteiger partial charge in [0, 0.05) is 0 Å². The summed E-state index contributed by atoms with van der Waals surface area (Å²) in [6, 6.07) is 18.4. The van der Waals surface area contributed by atoms with Gasteiger partial charge >= 0.3 is 0 Å². The van der Waals surface area contributed by atoms with Crippen LogP contribution in [0.25, 0.3) is 0 Å². The normalized spacial score (nSPS) is 16.2. The van der Waals surface area contributed by atoms with Gasteiger partial charge in [-0.3, -0.25) is 0 Å². The van der Waals surface area contributed by atoms with Crippen molar-refractivity contribution in [3.63, 3.8) is 0 Å². The van der Waals surface area contributed by atoms with Gasteiger partial charge in [-0.15, -0.1) is 0 Å². The van der Waals surface area contributed by atoms with Crippen molar-refractivity contribution in [2.24, 2.45) is 0 Å². The fourth-order valence-corrected chi connectivity index (χ4v) is 1.89. The summed E-state index contributed by atoms with van der Waals surface area (Å²) in [6.07, 6.45) is -0.939. The van der Waals surface area contributed by atoms with Gasteiger partial charge in [0.2, 0.25) is 0 Å². The van der Waals surface area contributed by atoms with Crippen LogP contribution in [0.5, 0.6) is 0 Å². The molecule has 0 spiro atoms. The second-order valence-corrected chi connectivity index (χ2v) is 4.33. The summed E-state index contributed by atoms with van der Waals surface area (Å²) < 4.78 is 0. The third-order valence-corrected chi connectivity index (χ3v) is 3.01. The molecule has 0 aliphatic heterocycles. The van der Waals surface area contributed by atoms with E-state index in [1.807, 2.05) is 60.7 Å². The second kappa shape index (κ2) is 4.70. The summed E-state index contributed by atoms with van der Waals surface area (Å²) in [4.78, 5) is 0. The Labute approximate surface area is 101 Å². The molecule has 2 atom stereocenters. The highest BCUT2D eigenvalue weighted by molar-refractivity contribution is 5.28. The predicted octanol–water partition coefficient (Wildman–Crippen LogP) is 2.63. The molecule has 0 aliphatic rings. The summed E-state index contributed by atoms with van der Waals surface area (Å²) in [5, 5.41) is 20.7. The van der Waals surface area contributed by atoms with Crippen molar-refractivity contribution in [3.8, 4) is 0 Å². The van der Waals surface area contributed by atoms with E-state index in [0.29, 0.717) is 11.1 Å². The van der Waals surface area contributed by atoms with Crippen LogP contribution in [0.4, 0.5) is 0 Å². The van der Waals surface area contributed by atoms with Gasteiger partial charge < -0.3 is 10.2 Å². The largest absolute Gasteiger partial charge is 0.385 e. The number of hydrogen-bond donors (Lipinski definition) is 2. The molecule has 2 heteroatoms. The van der Waals surface area contributed by atoms with Gasteiger partial charge in [-0.1, -0.05) is 60.7 Å². The number of rotatable bonds is 3. The Kier molecular flexibility index (Phi) is 3.27. The second-order valence-electron chi connectivity index (χ2n) is 4.33. The van der Waals surface area contributed by atoms with Gasteiger partial charge in [0.15, 0.2) is 0 Å². The number of aliphatic hydroxyl groups excluding tert-OH is 1. The van der Waals surface area contributed by atoms with E-state index in [2.05, 4.69) is 0 Å². The van der Waals surface area contributed by atoms with Gasteiger partial charge in [0.05, 0.1) is 0 Å². The highest BCUT2D eigenvalue weighted by Gasteiger charge is 2.33. The van der Waals surface area contributed by atoms with Crippen LogP contribution < -0.4 is 0 Å². The minimum Gasteiger partial charge on any atom is -0.385 e. The molecule has 0 radical (unpaired) electrons. The van der Waals surface area contributed by atoms with Crippen molar-refractivity contribution < 1.29 is 10.2 Å².